The number of aromatic amines is 1. The van der Waals surface area contributed by atoms with Gasteiger partial charge in [0.2, 0.25) is 0 Å². The third kappa shape index (κ3) is 2.39. The zero-order chi connectivity index (χ0) is 12.4. The van der Waals surface area contributed by atoms with Crippen LogP contribution >= 0.6 is 15.9 Å². The molecular weight excluding hydrogens is 286 g/mol. The number of aryl methyl sites for hydroxylation is 2. The van der Waals surface area contributed by atoms with Crippen LogP contribution in [0.2, 0.25) is 0 Å². The minimum atomic E-state index is -0.699. The van der Waals surface area contributed by atoms with Gasteiger partial charge in [0, 0.05) is 13.0 Å². The minimum Gasteiger partial charge on any atom is -0.385 e. The zero-order valence-electron chi connectivity index (χ0n) is 9.68. The molecule has 0 saturated heterocycles. The first-order valence-corrected chi connectivity index (χ1v) is 6.17. The Morgan fingerprint density at radius 3 is 2.94 bits per heavy atom. The Labute approximate surface area is 107 Å². The summed E-state index contributed by atoms with van der Waals surface area (Å²) >= 11 is 3.49. The molecule has 0 fully saturated rings. The Morgan fingerprint density at radius 1 is 1.59 bits per heavy atom. The Kier molecular flexibility index (Phi) is 3.58. The maximum absolute atomic E-state index is 10.0. The molecular formula is C10H14BrN5O. The van der Waals surface area contributed by atoms with Crippen molar-refractivity contribution < 1.29 is 5.11 Å². The molecule has 0 aliphatic heterocycles. The predicted molar refractivity (Wildman–Crippen MR) is 65.4 cm³/mol. The molecule has 2 rings (SSSR count). The molecule has 0 aliphatic rings. The van der Waals surface area contributed by atoms with Crippen molar-refractivity contribution in [2.24, 2.45) is 0 Å². The molecule has 2 heterocycles. The van der Waals surface area contributed by atoms with Crippen molar-refractivity contribution in [2.45, 2.75) is 32.9 Å². The summed E-state index contributed by atoms with van der Waals surface area (Å²) in [5.74, 6) is 0.471. The van der Waals surface area contributed by atoms with Crippen LogP contribution in [-0.4, -0.2) is 30.1 Å². The highest BCUT2D eigenvalue weighted by Gasteiger charge is 2.18. The summed E-state index contributed by atoms with van der Waals surface area (Å²) in [6, 6.07) is 0. The molecule has 2 aromatic heterocycles. The highest BCUT2D eigenvalue weighted by molar-refractivity contribution is 9.10. The van der Waals surface area contributed by atoms with Crippen LogP contribution in [-0.2, 0) is 13.0 Å². The first kappa shape index (κ1) is 12.3. The van der Waals surface area contributed by atoms with Crippen molar-refractivity contribution in [3.63, 3.8) is 0 Å². The number of nitrogens with one attached hydrogen (secondary N) is 1. The molecule has 1 atom stereocenters. The molecule has 92 valence electrons. The molecule has 0 saturated carbocycles. The van der Waals surface area contributed by atoms with E-state index in [0.717, 1.165) is 22.4 Å². The number of hydrogen-bond acceptors (Lipinski definition) is 4. The number of hydrogen-bond donors (Lipinski definition) is 2. The van der Waals surface area contributed by atoms with Gasteiger partial charge in [-0.2, -0.15) is 10.2 Å². The first-order valence-electron chi connectivity index (χ1n) is 5.38. The third-order valence-electron chi connectivity index (χ3n) is 2.59. The molecule has 0 amide bonds. The van der Waals surface area contributed by atoms with Crippen LogP contribution in [0.1, 0.15) is 30.2 Å². The van der Waals surface area contributed by atoms with Gasteiger partial charge in [-0.15, -0.1) is 0 Å². The number of aliphatic hydroxyl groups is 1. The smallest absolute Gasteiger partial charge is 0.153 e. The second-order valence-electron chi connectivity index (χ2n) is 3.75. The summed E-state index contributed by atoms with van der Waals surface area (Å²) in [6.07, 6.45) is 1.13. The number of rotatable bonds is 4. The quantitative estimate of drug-likeness (QED) is 0.893. The summed E-state index contributed by atoms with van der Waals surface area (Å²) in [5, 5.41) is 20.8. The van der Waals surface area contributed by atoms with Crippen molar-refractivity contribution in [1.29, 1.82) is 0 Å². The van der Waals surface area contributed by atoms with Crippen molar-refractivity contribution in [3.05, 3.63) is 28.0 Å². The summed E-state index contributed by atoms with van der Waals surface area (Å²) in [5.41, 5.74) is 1.89. The SMILES string of the molecule is CCn1nc(C)c(Br)c1CC(O)c1ncn[nH]1. The largest absolute Gasteiger partial charge is 0.385 e. The lowest BCUT2D eigenvalue weighted by Gasteiger charge is -2.09. The van der Waals surface area contributed by atoms with Gasteiger partial charge >= 0.3 is 0 Å². The van der Waals surface area contributed by atoms with Crippen LogP contribution in [0.5, 0.6) is 0 Å². The van der Waals surface area contributed by atoms with Crippen LogP contribution in [0.4, 0.5) is 0 Å². The second kappa shape index (κ2) is 4.97. The molecule has 0 bridgehead atoms. The van der Waals surface area contributed by atoms with E-state index < -0.39 is 6.10 Å². The monoisotopic (exact) mass is 299 g/mol. The van der Waals surface area contributed by atoms with Gasteiger partial charge in [0.25, 0.3) is 0 Å². The van der Waals surface area contributed by atoms with Crippen LogP contribution < -0.4 is 0 Å². The Bertz CT molecular complexity index is 493. The third-order valence-corrected chi connectivity index (χ3v) is 3.62. The van der Waals surface area contributed by atoms with Crippen molar-refractivity contribution in [2.75, 3.05) is 0 Å². The average Bonchev–Trinajstić information content (AvgIpc) is 2.92. The van der Waals surface area contributed by atoms with E-state index >= 15 is 0 Å². The Balaban J connectivity index is 2.24. The van der Waals surface area contributed by atoms with Gasteiger partial charge in [-0.3, -0.25) is 9.78 Å². The molecule has 2 aromatic rings. The van der Waals surface area contributed by atoms with Crippen molar-refractivity contribution >= 4 is 15.9 Å². The number of H-pyrrole nitrogens is 1. The Morgan fingerprint density at radius 2 is 2.35 bits per heavy atom. The predicted octanol–water partition coefficient (Wildman–Crippen LogP) is 1.37. The van der Waals surface area contributed by atoms with Gasteiger partial charge in [-0.1, -0.05) is 0 Å². The second-order valence-corrected chi connectivity index (χ2v) is 4.55. The van der Waals surface area contributed by atoms with Crippen LogP contribution in [0, 0.1) is 6.92 Å². The topological polar surface area (TPSA) is 79.6 Å². The first-order chi connectivity index (χ1) is 8.13. The van der Waals surface area contributed by atoms with Gasteiger partial charge in [0.1, 0.15) is 12.4 Å². The van der Waals surface area contributed by atoms with E-state index in [1.54, 1.807) is 0 Å². The van der Waals surface area contributed by atoms with Gasteiger partial charge < -0.3 is 5.11 Å². The minimum absolute atomic E-state index is 0.449. The zero-order valence-corrected chi connectivity index (χ0v) is 11.3. The Hall–Kier alpha value is -1.21. The lowest BCUT2D eigenvalue weighted by Crippen LogP contribution is -2.10. The number of nitrogens with zero attached hydrogens (tertiary/aromatic N) is 4. The number of halogens is 1. The summed E-state index contributed by atoms with van der Waals surface area (Å²) in [4.78, 5) is 3.94. The van der Waals surface area contributed by atoms with Gasteiger partial charge in [0.05, 0.1) is 15.9 Å². The molecule has 0 spiro atoms. The van der Waals surface area contributed by atoms with E-state index in [0.29, 0.717) is 12.2 Å². The van der Waals surface area contributed by atoms with Gasteiger partial charge in [0.15, 0.2) is 5.82 Å². The van der Waals surface area contributed by atoms with Crippen LogP contribution in [0.15, 0.2) is 10.8 Å². The summed E-state index contributed by atoms with van der Waals surface area (Å²) in [6.45, 7) is 4.72. The van der Waals surface area contributed by atoms with Gasteiger partial charge in [-0.25, -0.2) is 4.98 Å². The van der Waals surface area contributed by atoms with Crippen LogP contribution in [0.3, 0.4) is 0 Å². The molecule has 0 aliphatic carbocycles. The maximum Gasteiger partial charge on any atom is 0.153 e. The summed E-state index contributed by atoms with van der Waals surface area (Å²) in [7, 11) is 0. The van der Waals surface area contributed by atoms with Crippen molar-refractivity contribution in [1.82, 2.24) is 25.0 Å². The van der Waals surface area contributed by atoms with E-state index in [9.17, 15) is 5.11 Å². The average molecular weight is 300 g/mol. The maximum atomic E-state index is 10.0. The highest BCUT2D eigenvalue weighted by Crippen LogP contribution is 2.25. The standard InChI is InChI=1S/C10H14BrN5O/c1-3-16-7(9(11)6(2)15-16)4-8(17)10-12-5-13-14-10/h5,8,17H,3-4H2,1-2H3,(H,12,13,14). The molecule has 0 aromatic carbocycles. The fraction of sp³-hybridized carbons (Fsp3) is 0.500. The van der Waals surface area contributed by atoms with Crippen LogP contribution in [0.25, 0.3) is 0 Å². The highest BCUT2D eigenvalue weighted by atomic mass is 79.9. The lowest BCUT2D eigenvalue weighted by atomic mass is 10.2. The molecule has 6 nitrogen and oxygen atoms in total. The molecule has 1 unspecified atom stereocenters. The molecule has 2 N–H and O–H groups in total. The van der Waals surface area contributed by atoms with E-state index in [4.69, 9.17) is 0 Å². The van der Waals surface area contributed by atoms with Gasteiger partial charge in [-0.05, 0) is 29.8 Å². The normalized spacial score (nSPS) is 12.9. The number of aliphatic hydroxyl groups excluding tert-OH is 1. The fourth-order valence-corrected chi connectivity index (χ4v) is 2.17. The lowest BCUT2D eigenvalue weighted by molar-refractivity contribution is 0.165. The van der Waals surface area contributed by atoms with E-state index in [1.807, 2.05) is 18.5 Å². The fourth-order valence-electron chi connectivity index (χ4n) is 1.72. The molecule has 7 heteroatoms. The molecule has 0 radical (unpaired) electrons. The van der Waals surface area contributed by atoms with Crippen molar-refractivity contribution in [3.8, 4) is 0 Å². The molecule has 17 heavy (non-hydrogen) atoms. The summed E-state index contributed by atoms with van der Waals surface area (Å²) < 4.78 is 2.82. The number of aromatic nitrogens is 5. The van der Waals surface area contributed by atoms with E-state index in [-0.39, 0.29) is 0 Å². The van der Waals surface area contributed by atoms with E-state index in [1.165, 1.54) is 6.33 Å². The van der Waals surface area contributed by atoms with E-state index in [2.05, 4.69) is 36.2 Å².